The van der Waals surface area contributed by atoms with E-state index in [2.05, 4.69) is 6.58 Å². The van der Waals surface area contributed by atoms with Crippen molar-refractivity contribution in [3.8, 4) is 0 Å². The lowest BCUT2D eigenvalue weighted by Gasteiger charge is -2.40. The Labute approximate surface area is 125 Å². The highest BCUT2D eigenvalue weighted by atomic mass is 16.9. The molecule has 3 rings (SSSR count). The molecule has 3 aliphatic rings. The van der Waals surface area contributed by atoms with Crippen LogP contribution < -0.4 is 0 Å². The summed E-state index contributed by atoms with van der Waals surface area (Å²) in [6, 6.07) is 0. The third kappa shape index (κ3) is 2.76. The molecule has 0 saturated carbocycles. The van der Waals surface area contributed by atoms with Crippen molar-refractivity contribution in [2.24, 2.45) is 0 Å². The molecule has 3 fully saturated rings. The third-order valence-electron chi connectivity index (χ3n) is 3.81. The Balaban J connectivity index is 1.82. The minimum Gasteiger partial charge on any atom is -0.372 e. The average Bonchev–Trinajstić information content (AvgIpc) is 2.81. The standard InChI is InChI=1S/C15H24O6/c1-6-7-16-9-15-12(20-14(4,5)21-15)11-10(8-17-15)18-13(2,3)19-11/h6,10-12H,1,7-9H2,2-5H3/t10-,11-,12+,15+/m1/s1. The summed E-state index contributed by atoms with van der Waals surface area (Å²) in [7, 11) is 0. The van der Waals surface area contributed by atoms with Crippen LogP contribution >= 0.6 is 0 Å². The molecule has 0 radical (unpaired) electrons. The Morgan fingerprint density at radius 3 is 2.62 bits per heavy atom. The number of ether oxygens (including phenoxy) is 6. The van der Waals surface area contributed by atoms with Gasteiger partial charge in [0.1, 0.15) is 24.9 Å². The van der Waals surface area contributed by atoms with Gasteiger partial charge in [-0.1, -0.05) is 6.08 Å². The van der Waals surface area contributed by atoms with Gasteiger partial charge in [-0.15, -0.1) is 6.58 Å². The Bertz CT molecular complexity index is 420. The van der Waals surface area contributed by atoms with Crippen LogP contribution in [-0.2, 0) is 28.4 Å². The minimum atomic E-state index is -0.961. The van der Waals surface area contributed by atoms with Gasteiger partial charge >= 0.3 is 0 Å². The highest BCUT2D eigenvalue weighted by molar-refractivity contribution is 5.03. The number of hydrogen-bond acceptors (Lipinski definition) is 6. The van der Waals surface area contributed by atoms with Crippen LogP contribution in [0.2, 0.25) is 0 Å². The summed E-state index contributed by atoms with van der Waals surface area (Å²) in [6.07, 6.45) is 0.909. The molecular weight excluding hydrogens is 276 g/mol. The lowest BCUT2D eigenvalue weighted by Crippen LogP contribution is -2.60. The zero-order valence-electron chi connectivity index (χ0n) is 13.1. The molecule has 21 heavy (non-hydrogen) atoms. The van der Waals surface area contributed by atoms with Crippen LogP contribution in [0.15, 0.2) is 12.7 Å². The summed E-state index contributed by atoms with van der Waals surface area (Å²) < 4.78 is 35.5. The topological polar surface area (TPSA) is 55.4 Å². The SMILES string of the molecule is C=CCOC[C@@]12OC[C@H]3OC(C)(C)O[C@H]3[C@@H]1OC(C)(C)O2. The van der Waals surface area contributed by atoms with Crippen LogP contribution in [0.5, 0.6) is 0 Å². The van der Waals surface area contributed by atoms with Gasteiger partial charge in [-0.2, -0.15) is 0 Å². The van der Waals surface area contributed by atoms with E-state index in [4.69, 9.17) is 28.4 Å². The van der Waals surface area contributed by atoms with Crippen LogP contribution in [0.1, 0.15) is 27.7 Å². The first-order valence-electron chi connectivity index (χ1n) is 7.33. The minimum absolute atomic E-state index is 0.157. The Kier molecular flexibility index (Phi) is 3.67. The first-order chi connectivity index (χ1) is 9.77. The summed E-state index contributed by atoms with van der Waals surface area (Å²) in [5.41, 5.74) is 0. The third-order valence-corrected chi connectivity index (χ3v) is 3.81. The van der Waals surface area contributed by atoms with E-state index in [-0.39, 0.29) is 18.8 Å². The van der Waals surface area contributed by atoms with Crippen molar-refractivity contribution in [3.63, 3.8) is 0 Å². The van der Waals surface area contributed by atoms with Gasteiger partial charge in [0.25, 0.3) is 0 Å². The first-order valence-corrected chi connectivity index (χ1v) is 7.33. The zero-order chi connectivity index (χ0) is 15.3. The van der Waals surface area contributed by atoms with Crippen molar-refractivity contribution >= 4 is 0 Å². The zero-order valence-corrected chi connectivity index (χ0v) is 13.1. The molecule has 0 aromatic rings. The molecule has 6 nitrogen and oxygen atoms in total. The molecule has 0 aromatic heterocycles. The summed E-state index contributed by atoms with van der Waals surface area (Å²) in [4.78, 5) is 0. The Morgan fingerprint density at radius 2 is 1.90 bits per heavy atom. The second kappa shape index (κ2) is 5.01. The van der Waals surface area contributed by atoms with E-state index < -0.39 is 23.5 Å². The molecule has 0 unspecified atom stereocenters. The Hall–Kier alpha value is -0.500. The van der Waals surface area contributed by atoms with E-state index >= 15 is 0 Å². The van der Waals surface area contributed by atoms with Gasteiger partial charge in [0.05, 0.1) is 13.2 Å². The molecule has 0 aliphatic carbocycles. The molecule has 4 atom stereocenters. The van der Waals surface area contributed by atoms with E-state index in [9.17, 15) is 0 Å². The molecule has 3 aliphatic heterocycles. The molecule has 3 heterocycles. The average molecular weight is 300 g/mol. The molecular formula is C15H24O6. The predicted octanol–water partition coefficient (Wildman–Crippen LogP) is 1.59. The van der Waals surface area contributed by atoms with Crippen molar-refractivity contribution in [3.05, 3.63) is 12.7 Å². The highest BCUT2D eigenvalue weighted by Gasteiger charge is 2.65. The molecule has 0 bridgehead atoms. The van der Waals surface area contributed by atoms with Crippen molar-refractivity contribution in [1.29, 1.82) is 0 Å². The van der Waals surface area contributed by atoms with Crippen LogP contribution in [0, 0.1) is 0 Å². The molecule has 0 amide bonds. The van der Waals surface area contributed by atoms with E-state index in [1.54, 1.807) is 6.08 Å². The highest BCUT2D eigenvalue weighted by Crippen LogP contribution is 2.47. The molecule has 6 heteroatoms. The molecule has 3 saturated heterocycles. The maximum Gasteiger partial charge on any atom is 0.224 e. The van der Waals surface area contributed by atoms with E-state index in [0.29, 0.717) is 13.2 Å². The monoisotopic (exact) mass is 300 g/mol. The van der Waals surface area contributed by atoms with Gasteiger partial charge in [0.2, 0.25) is 5.79 Å². The van der Waals surface area contributed by atoms with Crippen molar-refractivity contribution in [2.75, 3.05) is 19.8 Å². The smallest absolute Gasteiger partial charge is 0.224 e. The Morgan fingerprint density at radius 1 is 1.14 bits per heavy atom. The van der Waals surface area contributed by atoms with Crippen LogP contribution in [0.4, 0.5) is 0 Å². The first kappa shape index (κ1) is 15.4. The maximum absolute atomic E-state index is 6.04. The normalized spacial score (nSPS) is 43.3. The largest absolute Gasteiger partial charge is 0.372 e. The second-order valence-electron chi connectivity index (χ2n) is 6.61. The van der Waals surface area contributed by atoms with Gasteiger partial charge < -0.3 is 28.4 Å². The van der Waals surface area contributed by atoms with Gasteiger partial charge in [-0.25, -0.2) is 0 Å². The fourth-order valence-corrected chi connectivity index (χ4v) is 3.23. The summed E-state index contributed by atoms with van der Waals surface area (Å²) in [6.45, 7) is 12.2. The van der Waals surface area contributed by atoms with Crippen molar-refractivity contribution in [2.45, 2.75) is 63.4 Å². The summed E-state index contributed by atoms with van der Waals surface area (Å²) >= 11 is 0. The van der Waals surface area contributed by atoms with E-state index in [1.165, 1.54) is 0 Å². The van der Waals surface area contributed by atoms with Crippen molar-refractivity contribution < 1.29 is 28.4 Å². The van der Waals surface area contributed by atoms with Gasteiger partial charge in [0, 0.05) is 0 Å². The number of hydrogen-bond donors (Lipinski definition) is 0. The number of rotatable bonds is 4. The van der Waals surface area contributed by atoms with Gasteiger partial charge in [-0.05, 0) is 27.7 Å². The predicted molar refractivity (Wildman–Crippen MR) is 73.6 cm³/mol. The van der Waals surface area contributed by atoms with E-state index in [1.807, 2.05) is 27.7 Å². The maximum atomic E-state index is 6.04. The molecule has 0 aromatic carbocycles. The van der Waals surface area contributed by atoms with Gasteiger partial charge in [-0.3, -0.25) is 0 Å². The van der Waals surface area contributed by atoms with Gasteiger partial charge in [0.15, 0.2) is 11.6 Å². The number of fused-ring (bicyclic) bond motifs is 3. The van der Waals surface area contributed by atoms with Crippen molar-refractivity contribution in [1.82, 2.24) is 0 Å². The summed E-state index contributed by atoms with van der Waals surface area (Å²) in [5.74, 6) is -2.36. The fraction of sp³-hybridized carbons (Fsp3) is 0.867. The lowest BCUT2D eigenvalue weighted by atomic mass is 9.97. The fourth-order valence-electron chi connectivity index (χ4n) is 3.23. The van der Waals surface area contributed by atoms with Crippen LogP contribution in [-0.4, -0.2) is 55.5 Å². The second-order valence-corrected chi connectivity index (χ2v) is 6.61. The quantitative estimate of drug-likeness (QED) is 0.580. The molecule has 0 N–H and O–H groups in total. The molecule has 0 spiro atoms. The van der Waals surface area contributed by atoms with Crippen LogP contribution in [0.25, 0.3) is 0 Å². The summed E-state index contributed by atoms with van der Waals surface area (Å²) in [5, 5.41) is 0. The molecule has 120 valence electrons. The van der Waals surface area contributed by atoms with Crippen LogP contribution in [0.3, 0.4) is 0 Å². The lowest BCUT2D eigenvalue weighted by molar-refractivity contribution is -0.298. The van der Waals surface area contributed by atoms with E-state index in [0.717, 1.165) is 0 Å².